The molecule has 0 spiro atoms. The van der Waals surface area contributed by atoms with Crippen molar-refractivity contribution in [1.82, 2.24) is 15.5 Å². The fraction of sp³-hybridized carbons (Fsp3) is 0.556. The van der Waals surface area contributed by atoms with Crippen molar-refractivity contribution in [2.45, 2.75) is 32.7 Å². The van der Waals surface area contributed by atoms with Crippen molar-refractivity contribution in [3.63, 3.8) is 0 Å². The minimum Gasteiger partial charge on any atom is -0.454 e. The van der Waals surface area contributed by atoms with Crippen LogP contribution in [0.25, 0.3) is 0 Å². The zero-order valence-corrected chi connectivity index (χ0v) is 17.5. The molecule has 2 aliphatic heterocycles. The highest BCUT2D eigenvalue weighted by molar-refractivity contribution is 14.0. The van der Waals surface area contributed by atoms with Gasteiger partial charge in [0.2, 0.25) is 12.7 Å². The predicted molar refractivity (Wildman–Crippen MR) is 111 cm³/mol. The van der Waals surface area contributed by atoms with Crippen LogP contribution in [0, 0.1) is 0 Å². The van der Waals surface area contributed by atoms with E-state index >= 15 is 0 Å². The third-order valence-electron chi connectivity index (χ3n) is 4.27. The average Bonchev–Trinajstić information content (AvgIpc) is 3.24. The van der Waals surface area contributed by atoms with Crippen LogP contribution in [-0.4, -0.2) is 49.7 Å². The van der Waals surface area contributed by atoms with Crippen molar-refractivity contribution in [2.75, 3.05) is 33.0 Å². The quantitative estimate of drug-likeness (QED) is 0.274. The van der Waals surface area contributed by atoms with Gasteiger partial charge in [-0.05, 0) is 37.5 Å². The van der Waals surface area contributed by atoms with Crippen LogP contribution in [0.1, 0.15) is 31.7 Å². The lowest BCUT2D eigenvalue weighted by atomic mass is 10.2. The Kier molecular flexibility index (Phi) is 8.27. The van der Waals surface area contributed by atoms with Crippen molar-refractivity contribution in [1.29, 1.82) is 0 Å². The van der Waals surface area contributed by atoms with Gasteiger partial charge in [-0.2, -0.15) is 0 Å². The largest absolute Gasteiger partial charge is 0.454 e. The zero-order chi connectivity index (χ0) is 17.5. The lowest BCUT2D eigenvalue weighted by Crippen LogP contribution is -2.39. The van der Waals surface area contributed by atoms with Crippen LogP contribution in [0.2, 0.25) is 0 Å². The lowest BCUT2D eigenvalue weighted by Gasteiger charge is -2.16. The molecule has 0 unspecified atom stereocenters. The van der Waals surface area contributed by atoms with Crippen molar-refractivity contribution < 1.29 is 14.3 Å². The number of carbonyl (C=O) groups is 1. The maximum absolute atomic E-state index is 11.6. The highest BCUT2D eigenvalue weighted by Crippen LogP contribution is 2.32. The third-order valence-corrected chi connectivity index (χ3v) is 4.27. The Morgan fingerprint density at radius 1 is 1.27 bits per heavy atom. The molecule has 1 amide bonds. The Morgan fingerprint density at radius 3 is 2.88 bits per heavy atom. The van der Waals surface area contributed by atoms with Gasteiger partial charge in [-0.3, -0.25) is 4.79 Å². The van der Waals surface area contributed by atoms with Crippen LogP contribution in [0.3, 0.4) is 0 Å². The predicted octanol–water partition coefficient (Wildman–Crippen LogP) is 2.10. The van der Waals surface area contributed by atoms with Crippen molar-refractivity contribution >= 4 is 35.8 Å². The van der Waals surface area contributed by atoms with E-state index in [1.807, 2.05) is 30.0 Å². The molecule has 2 N–H and O–H groups in total. The maximum atomic E-state index is 11.6. The second-order valence-corrected chi connectivity index (χ2v) is 6.15. The molecule has 8 heteroatoms. The molecule has 0 aromatic heterocycles. The molecule has 7 nitrogen and oxygen atoms in total. The van der Waals surface area contributed by atoms with Gasteiger partial charge in [0.1, 0.15) is 0 Å². The number of ether oxygens (including phenoxy) is 2. The summed E-state index contributed by atoms with van der Waals surface area (Å²) >= 11 is 0. The first-order chi connectivity index (χ1) is 12.3. The first-order valence-electron chi connectivity index (χ1n) is 8.94. The molecule has 3 rings (SSSR count). The van der Waals surface area contributed by atoms with Crippen molar-refractivity contribution in [2.24, 2.45) is 4.99 Å². The fourth-order valence-electron chi connectivity index (χ4n) is 2.97. The number of likely N-dealkylation sites (tertiary alicyclic amines) is 1. The smallest absolute Gasteiger partial charge is 0.231 e. The molecule has 0 aliphatic carbocycles. The molecular formula is C18H27IN4O3. The minimum atomic E-state index is 0. The van der Waals surface area contributed by atoms with Gasteiger partial charge in [0.15, 0.2) is 17.5 Å². The number of hydrogen-bond acceptors (Lipinski definition) is 4. The Hall–Kier alpha value is -1.71. The van der Waals surface area contributed by atoms with Gasteiger partial charge in [0, 0.05) is 32.6 Å². The van der Waals surface area contributed by atoms with E-state index in [2.05, 4.69) is 15.6 Å². The Morgan fingerprint density at radius 2 is 2.12 bits per heavy atom. The summed E-state index contributed by atoms with van der Waals surface area (Å²) in [5.41, 5.74) is 1.07. The van der Waals surface area contributed by atoms with Crippen LogP contribution in [-0.2, 0) is 11.3 Å². The molecular weight excluding hydrogens is 447 g/mol. The molecule has 1 aromatic rings. The summed E-state index contributed by atoms with van der Waals surface area (Å²) in [7, 11) is 0. The molecule has 0 atom stereocenters. The second kappa shape index (κ2) is 10.4. The van der Waals surface area contributed by atoms with E-state index in [9.17, 15) is 4.79 Å². The van der Waals surface area contributed by atoms with E-state index in [-0.39, 0.29) is 36.7 Å². The second-order valence-electron chi connectivity index (χ2n) is 6.15. The first kappa shape index (κ1) is 20.6. The van der Waals surface area contributed by atoms with E-state index in [0.717, 1.165) is 62.0 Å². The van der Waals surface area contributed by atoms with E-state index in [4.69, 9.17) is 9.47 Å². The summed E-state index contributed by atoms with van der Waals surface area (Å²) in [6.45, 7) is 6.20. The highest BCUT2D eigenvalue weighted by Gasteiger charge is 2.19. The molecule has 0 bridgehead atoms. The van der Waals surface area contributed by atoms with Gasteiger partial charge >= 0.3 is 0 Å². The van der Waals surface area contributed by atoms with E-state index in [1.54, 1.807) is 0 Å². The fourth-order valence-corrected chi connectivity index (χ4v) is 2.97. The molecule has 2 heterocycles. The number of rotatable bonds is 7. The molecule has 26 heavy (non-hydrogen) atoms. The summed E-state index contributed by atoms with van der Waals surface area (Å²) in [6.07, 6.45) is 2.61. The van der Waals surface area contributed by atoms with Gasteiger partial charge in [-0.25, -0.2) is 4.99 Å². The van der Waals surface area contributed by atoms with Crippen LogP contribution in [0.4, 0.5) is 0 Å². The molecule has 1 fully saturated rings. The van der Waals surface area contributed by atoms with Crippen LogP contribution in [0.15, 0.2) is 23.2 Å². The molecule has 0 radical (unpaired) electrons. The number of aliphatic imine (C=N–C) groups is 1. The Balaban J connectivity index is 0.00000243. The average molecular weight is 474 g/mol. The number of carbonyl (C=O) groups excluding carboxylic acids is 1. The first-order valence-corrected chi connectivity index (χ1v) is 8.94. The van der Waals surface area contributed by atoms with E-state index in [1.165, 1.54) is 0 Å². The van der Waals surface area contributed by atoms with Crippen molar-refractivity contribution in [3.8, 4) is 11.5 Å². The third kappa shape index (κ3) is 5.65. The van der Waals surface area contributed by atoms with Crippen LogP contribution >= 0.6 is 24.0 Å². The van der Waals surface area contributed by atoms with Gasteiger partial charge < -0.3 is 25.0 Å². The summed E-state index contributed by atoms with van der Waals surface area (Å²) in [5, 5.41) is 6.57. The van der Waals surface area contributed by atoms with Crippen LogP contribution < -0.4 is 20.1 Å². The Labute approximate surface area is 171 Å². The SMILES string of the molecule is CCNC(=NCc1ccc2c(c1)OCO2)NCCCN1CCCC1=O.I. The summed E-state index contributed by atoms with van der Waals surface area (Å²) < 4.78 is 10.7. The summed E-state index contributed by atoms with van der Waals surface area (Å²) in [6, 6.07) is 5.88. The monoisotopic (exact) mass is 474 g/mol. The number of fused-ring (bicyclic) bond motifs is 1. The molecule has 2 aliphatic rings. The zero-order valence-electron chi connectivity index (χ0n) is 15.1. The number of nitrogens with zero attached hydrogens (tertiary/aromatic N) is 2. The lowest BCUT2D eigenvalue weighted by molar-refractivity contribution is -0.127. The minimum absolute atomic E-state index is 0. The number of nitrogens with one attached hydrogen (secondary N) is 2. The summed E-state index contributed by atoms with van der Waals surface area (Å²) in [4.78, 5) is 18.1. The van der Waals surface area contributed by atoms with Gasteiger partial charge in [0.25, 0.3) is 0 Å². The normalized spacial score (nSPS) is 15.8. The number of guanidine groups is 1. The molecule has 1 saturated heterocycles. The number of benzene rings is 1. The maximum Gasteiger partial charge on any atom is 0.231 e. The van der Waals surface area contributed by atoms with Gasteiger partial charge in [-0.1, -0.05) is 6.07 Å². The Bertz CT molecular complexity index is 639. The van der Waals surface area contributed by atoms with Gasteiger partial charge in [0.05, 0.1) is 6.54 Å². The topological polar surface area (TPSA) is 75.2 Å². The number of halogens is 1. The summed E-state index contributed by atoms with van der Waals surface area (Å²) in [5.74, 6) is 2.63. The molecule has 1 aromatic carbocycles. The molecule has 144 valence electrons. The number of amides is 1. The number of hydrogen-bond donors (Lipinski definition) is 2. The van der Waals surface area contributed by atoms with E-state index < -0.39 is 0 Å². The standard InChI is InChI=1S/C18H26N4O3.HI/c1-2-19-18(20-8-4-10-22-9-3-5-17(22)23)21-12-14-6-7-15-16(11-14)25-13-24-15;/h6-7,11H,2-5,8-10,12-13H2,1H3,(H2,19,20,21);1H. The van der Waals surface area contributed by atoms with Crippen molar-refractivity contribution in [3.05, 3.63) is 23.8 Å². The van der Waals surface area contributed by atoms with E-state index in [0.29, 0.717) is 13.0 Å². The highest BCUT2D eigenvalue weighted by atomic mass is 127. The molecule has 0 saturated carbocycles. The van der Waals surface area contributed by atoms with Crippen LogP contribution in [0.5, 0.6) is 11.5 Å². The van der Waals surface area contributed by atoms with Gasteiger partial charge in [-0.15, -0.1) is 24.0 Å².